The molecule has 0 spiro atoms. The summed E-state index contributed by atoms with van der Waals surface area (Å²) in [4.78, 5) is 33.9. The molecule has 0 atom stereocenters. The lowest BCUT2D eigenvalue weighted by atomic mass is 9.94. The van der Waals surface area contributed by atoms with Crippen LogP contribution in [0, 0.1) is 0 Å². The van der Waals surface area contributed by atoms with Gasteiger partial charge in [-0.2, -0.15) is 0 Å². The Hall–Kier alpha value is -3.61. The number of nitrogens with zero attached hydrogens (tertiary/aromatic N) is 3. The van der Waals surface area contributed by atoms with Crippen molar-refractivity contribution in [3.8, 4) is 11.1 Å². The number of carbonyl (C=O) groups is 2. The van der Waals surface area contributed by atoms with E-state index in [9.17, 15) is 9.59 Å². The van der Waals surface area contributed by atoms with Gasteiger partial charge in [0.2, 0.25) is 0 Å². The molecule has 1 amide bonds. The molecule has 0 aliphatic carbocycles. The second kappa shape index (κ2) is 8.63. The Balaban J connectivity index is 1.39. The number of benzene rings is 3. The number of ether oxygens (including phenoxy) is 1. The lowest BCUT2D eigenvalue weighted by Gasteiger charge is -2.42. The fourth-order valence-corrected chi connectivity index (χ4v) is 5.03. The van der Waals surface area contributed by atoms with E-state index in [0.29, 0.717) is 35.9 Å². The molecular weight excluding hydrogens is 426 g/mol. The van der Waals surface area contributed by atoms with E-state index in [1.807, 2.05) is 47.4 Å². The highest BCUT2D eigenvalue weighted by molar-refractivity contribution is 6.07. The Morgan fingerprint density at radius 3 is 2.44 bits per heavy atom. The minimum Gasteiger partial charge on any atom is -0.378 e. The summed E-state index contributed by atoms with van der Waals surface area (Å²) in [6.45, 7) is 4.77. The molecule has 6 nitrogen and oxygen atoms in total. The van der Waals surface area contributed by atoms with Crippen molar-refractivity contribution in [2.45, 2.75) is 6.04 Å². The molecule has 2 aliphatic rings. The second-order valence-corrected chi connectivity index (χ2v) is 8.99. The van der Waals surface area contributed by atoms with Gasteiger partial charge in [-0.15, -0.1) is 0 Å². The number of amides is 1. The number of aldehydes is 1. The van der Waals surface area contributed by atoms with Gasteiger partial charge in [-0.05, 0) is 46.2 Å². The van der Waals surface area contributed by atoms with Gasteiger partial charge >= 0.3 is 0 Å². The summed E-state index contributed by atoms with van der Waals surface area (Å²) in [7, 11) is 0. The Morgan fingerprint density at radius 2 is 1.68 bits per heavy atom. The van der Waals surface area contributed by atoms with Crippen LogP contribution in [0.2, 0.25) is 0 Å². The summed E-state index contributed by atoms with van der Waals surface area (Å²) < 4.78 is 5.31. The number of rotatable bonds is 4. The van der Waals surface area contributed by atoms with Gasteiger partial charge in [-0.3, -0.25) is 14.5 Å². The van der Waals surface area contributed by atoms with E-state index in [2.05, 4.69) is 34.1 Å². The summed E-state index contributed by atoms with van der Waals surface area (Å²) in [6.07, 6.45) is 0.778. The van der Waals surface area contributed by atoms with E-state index in [1.54, 1.807) is 0 Å². The minimum absolute atomic E-state index is 0.0368. The third-order valence-electron chi connectivity index (χ3n) is 7.01. The Labute approximate surface area is 197 Å². The first-order valence-corrected chi connectivity index (χ1v) is 11.7. The zero-order chi connectivity index (χ0) is 23.1. The highest BCUT2D eigenvalue weighted by Gasteiger charge is 2.30. The molecule has 3 heterocycles. The van der Waals surface area contributed by atoms with Gasteiger partial charge < -0.3 is 9.64 Å². The van der Waals surface area contributed by atoms with Crippen LogP contribution in [0.15, 0.2) is 66.7 Å². The molecule has 6 rings (SSSR count). The maximum absolute atomic E-state index is 13.4. The maximum atomic E-state index is 13.4. The van der Waals surface area contributed by atoms with E-state index in [0.717, 1.165) is 59.9 Å². The second-order valence-electron chi connectivity index (χ2n) is 8.99. The summed E-state index contributed by atoms with van der Waals surface area (Å²) in [5.41, 5.74) is 3.67. The Morgan fingerprint density at radius 1 is 0.882 bits per heavy atom. The molecule has 34 heavy (non-hydrogen) atoms. The average molecular weight is 452 g/mol. The van der Waals surface area contributed by atoms with E-state index >= 15 is 0 Å². The van der Waals surface area contributed by atoms with Crippen molar-refractivity contribution in [1.82, 2.24) is 14.8 Å². The number of hydrogen-bond acceptors (Lipinski definition) is 5. The number of piperazine rings is 1. The quantitative estimate of drug-likeness (QED) is 0.439. The largest absolute Gasteiger partial charge is 0.378 e. The molecule has 2 fully saturated rings. The highest BCUT2D eigenvalue weighted by Crippen LogP contribution is 2.34. The molecule has 1 aromatic heterocycles. The van der Waals surface area contributed by atoms with Crippen molar-refractivity contribution >= 4 is 33.9 Å². The van der Waals surface area contributed by atoms with Crippen LogP contribution < -0.4 is 0 Å². The molecule has 3 aromatic carbocycles. The van der Waals surface area contributed by atoms with E-state index in [4.69, 9.17) is 4.74 Å². The summed E-state index contributed by atoms with van der Waals surface area (Å²) >= 11 is 0. The predicted octanol–water partition coefficient (Wildman–Crippen LogP) is 4.02. The first kappa shape index (κ1) is 21.0. The van der Waals surface area contributed by atoms with Crippen molar-refractivity contribution < 1.29 is 14.3 Å². The molecule has 170 valence electrons. The van der Waals surface area contributed by atoms with Gasteiger partial charge in [0.15, 0.2) is 6.29 Å². The van der Waals surface area contributed by atoms with E-state index in [1.165, 1.54) is 0 Å². The first-order valence-electron chi connectivity index (χ1n) is 11.7. The zero-order valence-corrected chi connectivity index (χ0v) is 18.8. The van der Waals surface area contributed by atoms with Gasteiger partial charge in [0.25, 0.3) is 5.91 Å². The molecule has 0 N–H and O–H groups in total. The number of pyridine rings is 1. The first-order chi connectivity index (χ1) is 16.7. The lowest BCUT2D eigenvalue weighted by Crippen LogP contribution is -2.57. The smallest absolute Gasteiger partial charge is 0.253 e. The molecule has 0 bridgehead atoms. The molecule has 0 saturated carbocycles. The predicted molar refractivity (Wildman–Crippen MR) is 132 cm³/mol. The van der Waals surface area contributed by atoms with Crippen molar-refractivity contribution in [3.63, 3.8) is 0 Å². The minimum atomic E-state index is 0.0368. The fourth-order valence-electron chi connectivity index (χ4n) is 5.03. The van der Waals surface area contributed by atoms with Gasteiger partial charge in [-0.25, -0.2) is 4.98 Å². The van der Waals surface area contributed by atoms with Gasteiger partial charge in [0.05, 0.1) is 24.8 Å². The number of aromatic nitrogens is 1. The monoisotopic (exact) mass is 451 g/mol. The molecule has 2 saturated heterocycles. The standard InChI is InChI=1S/C28H25N3O3/c32-16-21-15-25(24-7-3-5-19-4-1-2-6-23(19)24)26-14-20(8-9-27(26)29-21)28(33)31-12-10-30(11-13-31)22-17-34-18-22/h1-9,14-16,22H,10-13,17-18H2. The Bertz CT molecular complexity index is 1400. The fraction of sp³-hybridized carbons (Fsp3) is 0.250. The normalized spacial score (nSPS) is 17.1. The van der Waals surface area contributed by atoms with Gasteiger partial charge in [0, 0.05) is 37.1 Å². The number of hydrogen-bond donors (Lipinski definition) is 0. The van der Waals surface area contributed by atoms with Crippen molar-refractivity contribution in [3.05, 3.63) is 78.0 Å². The van der Waals surface area contributed by atoms with Crippen molar-refractivity contribution in [2.75, 3.05) is 39.4 Å². The topological polar surface area (TPSA) is 62.7 Å². The average Bonchev–Trinajstić information content (AvgIpc) is 2.86. The van der Waals surface area contributed by atoms with Gasteiger partial charge in [-0.1, -0.05) is 42.5 Å². The zero-order valence-electron chi connectivity index (χ0n) is 18.8. The van der Waals surface area contributed by atoms with Crippen LogP contribution in [0.4, 0.5) is 0 Å². The van der Waals surface area contributed by atoms with Crippen LogP contribution in [0.25, 0.3) is 32.8 Å². The number of fused-ring (bicyclic) bond motifs is 2. The number of carbonyl (C=O) groups excluding carboxylic acids is 2. The molecular formula is C28H25N3O3. The summed E-state index contributed by atoms with van der Waals surface area (Å²) in [5, 5.41) is 3.10. The van der Waals surface area contributed by atoms with E-state index in [-0.39, 0.29) is 5.91 Å². The maximum Gasteiger partial charge on any atom is 0.253 e. The SMILES string of the molecule is O=Cc1cc(-c2cccc3ccccc23)c2cc(C(=O)N3CCN(C4COC4)CC3)ccc2n1. The molecule has 4 aromatic rings. The summed E-state index contributed by atoms with van der Waals surface area (Å²) in [6, 6.07) is 22.3. The van der Waals surface area contributed by atoms with Crippen molar-refractivity contribution in [2.24, 2.45) is 0 Å². The van der Waals surface area contributed by atoms with Crippen LogP contribution in [-0.4, -0.2) is 72.4 Å². The van der Waals surface area contributed by atoms with Crippen LogP contribution in [0.3, 0.4) is 0 Å². The lowest BCUT2D eigenvalue weighted by molar-refractivity contribution is -0.0746. The van der Waals surface area contributed by atoms with Gasteiger partial charge in [0.1, 0.15) is 5.69 Å². The molecule has 0 radical (unpaired) electrons. The Kier molecular flexibility index (Phi) is 5.32. The molecule has 6 heteroatoms. The summed E-state index contributed by atoms with van der Waals surface area (Å²) in [5.74, 6) is 0.0368. The highest BCUT2D eigenvalue weighted by atomic mass is 16.5. The third-order valence-corrected chi connectivity index (χ3v) is 7.01. The van der Waals surface area contributed by atoms with Crippen molar-refractivity contribution in [1.29, 1.82) is 0 Å². The van der Waals surface area contributed by atoms with E-state index < -0.39 is 0 Å². The van der Waals surface area contributed by atoms with Crippen LogP contribution in [0.1, 0.15) is 20.8 Å². The van der Waals surface area contributed by atoms with Crippen LogP contribution >= 0.6 is 0 Å². The van der Waals surface area contributed by atoms with Crippen LogP contribution in [-0.2, 0) is 4.74 Å². The van der Waals surface area contributed by atoms with Crippen LogP contribution in [0.5, 0.6) is 0 Å². The molecule has 0 unspecified atom stereocenters. The third kappa shape index (κ3) is 3.65. The molecule has 2 aliphatic heterocycles.